The van der Waals surface area contributed by atoms with Crippen molar-refractivity contribution in [2.75, 3.05) is 13.2 Å². The Hall–Kier alpha value is -3.93. The fourth-order valence-corrected chi connectivity index (χ4v) is 22.7. The van der Waals surface area contributed by atoms with Crippen molar-refractivity contribution in [1.29, 1.82) is 0 Å². The number of rotatable bonds is 101. The molecule has 3 N–H and O–H groups in total. The number of carbonyl (C=O) groups excluding carboxylic acids is 5. The second-order valence-corrected chi connectivity index (χ2v) is 47.5. The van der Waals surface area contributed by atoms with E-state index in [9.17, 15) is 29.7 Å². The summed E-state index contributed by atoms with van der Waals surface area (Å²) in [4.78, 5) is 74.1. The first kappa shape index (κ1) is 138. The maximum atomic E-state index is 15.1. The van der Waals surface area contributed by atoms with E-state index in [1.807, 2.05) is 24.3 Å². The van der Waals surface area contributed by atoms with Crippen LogP contribution in [0.3, 0.4) is 0 Å². The summed E-state index contributed by atoms with van der Waals surface area (Å²) < 4.78 is 52.2. The number of aliphatic hydroxyl groups is 3. The minimum Gasteiger partial charge on any atom is -0.459 e. The molecular formula is C130H240O16. The molecule has 2 saturated heterocycles. The average molecular weight is 2060 g/mol. The maximum absolute atomic E-state index is 15.1. The fourth-order valence-electron chi connectivity index (χ4n) is 22.7. The monoisotopic (exact) mass is 2060 g/mol. The molecule has 0 radical (unpaired) electrons. The van der Waals surface area contributed by atoms with Gasteiger partial charge in [0.05, 0.1) is 6.61 Å². The molecule has 856 valence electrons. The second-order valence-electron chi connectivity index (χ2n) is 47.5. The summed E-state index contributed by atoms with van der Waals surface area (Å²) in [5.41, 5.74) is 1.18. The third-order valence-corrected chi connectivity index (χ3v) is 31.8. The van der Waals surface area contributed by atoms with Gasteiger partial charge in [0.25, 0.3) is 0 Å². The van der Waals surface area contributed by atoms with E-state index < -0.39 is 104 Å². The molecule has 2 fully saturated rings. The van der Waals surface area contributed by atoms with E-state index >= 15 is 9.59 Å². The largest absolute Gasteiger partial charge is 0.459 e. The number of hydrogen-bond acceptors (Lipinski definition) is 16. The number of unbranched alkanes of at least 4 members (excludes halogenated alkanes) is 66. The molecule has 16 heteroatoms. The van der Waals surface area contributed by atoms with E-state index in [0.29, 0.717) is 41.2 Å². The zero-order valence-electron chi connectivity index (χ0n) is 98.8. The van der Waals surface area contributed by atoms with Gasteiger partial charge >= 0.3 is 29.8 Å². The predicted molar refractivity (Wildman–Crippen MR) is 614 cm³/mol. The van der Waals surface area contributed by atoms with Gasteiger partial charge in [0.2, 0.25) is 12.6 Å². The lowest BCUT2D eigenvalue weighted by atomic mass is 9.91. The Bertz CT molecular complexity index is 3200. The summed E-state index contributed by atoms with van der Waals surface area (Å²) in [7, 11) is 0. The van der Waals surface area contributed by atoms with Crippen LogP contribution < -0.4 is 0 Å². The van der Waals surface area contributed by atoms with Gasteiger partial charge in [-0.25, -0.2) is 19.2 Å². The van der Waals surface area contributed by atoms with Crippen molar-refractivity contribution in [1.82, 2.24) is 0 Å². The summed E-state index contributed by atoms with van der Waals surface area (Å²) in [6, 6.07) is 0. The summed E-state index contributed by atoms with van der Waals surface area (Å²) in [5, 5.41) is 37.5. The average Bonchev–Trinajstić information content (AvgIpc) is 0.771. The Balaban J connectivity index is 2.71. The van der Waals surface area contributed by atoms with E-state index in [2.05, 4.69) is 90.0 Å². The molecule has 0 aromatic rings. The highest BCUT2D eigenvalue weighted by Gasteiger charge is 2.56. The van der Waals surface area contributed by atoms with Gasteiger partial charge < -0.3 is 53.2 Å². The molecule has 0 aromatic heterocycles. The standard InChI is InChI=1S/C130H240O16/c1-18-23-28-33-38-43-48-53-57-58-63-67-72-77-81-86-91-106(8)96-110(12)100-114(16)127(137)144-122-119(133)117(103-139-125(135)112(14)98-108(10)94-104(6)89-84-79-74-69-64-60-54-49-44-39-34-29-24-19-2)141-130(124(122)142-118(132)93-88-83-78-73-68-59-52-47-42-37-32-27-22-5)146-129-123(145-128(138)115(17)101-111(13)97-107(9)92-87-82-76-71-66-62-56-51-46-41-36-31-26-21-4)120(134)121(116(102-131)140-129)143-126(136)113(15)99-109(11)95-105(7)90-85-80-75-70-65-61-55-50-45-40-35-30-25-20-3/h98-101,104-111,116-117,119-124,129-131,133-134H,18-97,102-103H2,1-17H3/b112-98+,113-99+,114-100+,115-101+/t104-,105-,106-,107-,108-,109-,110-,111-,116?,117?,119+,120?,121+,122?,123-,124+,129+,130+/m0/s1. The van der Waals surface area contributed by atoms with Gasteiger partial charge in [0, 0.05) is 28.7 Å². The molecule has 0 aromatic carbocycles. The van der Waals surface area contributed by atoms with Crippen LogP contribution >= 0.6 is 0 Å². The first-order valence-electron chi connectivity index (χ1n) is 63.4. The van der Waals surface area contributed by atoms with Gasteiger partial charge in [-0.3, -0.25) is 4.79 Å². The Labute approximate surface area is 901 Å². The van der Waals surface area contributed by atoms with Gasteiger partial charge in [0.1, 0.15) is 31.0 Å². The van der Waals surface area contributed by atoms with Crippen LogP contribution in [-0.4, -0.2) is 120 Å². The molecule has 2 heterocycles. The van der Waals surface area contributed by atoms with Crippen molar-refractivity contribution in [2.45, 2.75) is 693 Å². The highest BCUT2D eigenvalue weighted by Crippen LogP contribution is 2.37. The second kappa shape index (κ2) is 94.6. The molecule has 2 aliphatic rings. The third-order valence-electron chi connectivity index (χ3n) is 31.8. The molecule has 18 atom stereocenters. The highest BCUT2D eigenvalue weighted by atomic mass is 16.8. The van der Waals surface area contributed by atoms with Crippen LogP contribution in [0.1, 0.15) is 631 Å². The Kier molecular flexibility index (Phi) is 89.5. The first-order valence-corrected chi connectivity index (χ1v) is 63.4. The van der Waals surface area contributed by atoms with Crippen LogP contribution in [0.4, 0.5) is 0 Å². The topological polar surface area (TPSA) is 220 Å². The summed E-state index contributed by atoms with van der Waals surface area (Å²) in [6.45, 7) is 34.1. The number of carbonyl (C=O) groups is 5. The summed E-state index contributed by atoms with van der Waals surface area (Å²) in [6.07, 6.45) is 88.0. The summed E-state index contributed by atoms with van der Waals surface area (Å²) >= 11 is 0. The lowest BCUT2D eigenvalue weighted by Crippen LogP contribution is -2.66. The SMILES string of the molecule is CCCCCCCCCCCCCCCCCC[C@H](C)C[C@H](C)/C=C(\C)C(=O)OC1[C@H](O)C(COC(=O)/C(C)=C/[C@@H](C)C[C@@H](C)CCCCCCCCCCCCCCCC)O[C@H](O[C@H]2OC(CO)[C@@H](OC(=O)/C(C)=C/[C@@H](C)C[C@@H](C)CCCCCCCCCCCCCCCC)C(O)[C@@H]2OC(=O)/C(C)=C/[C@@H](C)C[C@@H](C)CCCCCCCCCCCCCCCC)[C@@H]1OC(=O)CCCCCCCCCCCCCCC. The van der Waals surface area contributed by atoms with Gasteiger partial charge in [0.15, 0.2) is 24.4 Å². The highest BCUT2D eigenvalue weighted by molar-refractivity contribution is 5.89. The molecule has 2 rings (SSSR count). The molecule has 0 saturated carbocycles. The number of hydrogen-bond donors (Lipinski definition) is 3. The minimum atomic E-state index is -1.92. The zero-order valence-corrected chi connectivity index (χ0v) is 98.8. The number of esters is 5. The lowest BCUT2D eigenvalue weighted by Gasteiger charge is -2.47. The number of ether oxygens (including phenoxy) is 8. The van der Waals surface area contributed by atoms with Gasteiger partial charge in [-0.15, -0.1) is 0 Å². The third kappa shape index (κ3) is 73.4. The zero-order chi connectivity index (χ0) is 107. The molecule has 4 unspecified atom stereocenters. The van der Waals surface area contributed by atoms with Crippen LogP contribution in [0, 0.1) is 47.3 Å². The fraction of sp³-hybridized carbons (Fsp3) is 0.900. The molecular weight excluding hydrogens is 1820 g/mol. The quantitative estimate of drug-likeness (QED) is 0.0223. The smallest absolute Gasteiger partial charge is 0.333 e. The van der Waals surface area contributed by atoms with Crippen LogP contribution in [0.2, 0.25) is 0 Å². The molecule has 146 heavy (non-hydrogen) atoms. The molecule has 0 aliphatic carbocycles. The van der Waals surface area contributed by atoms with Gasteiger partial charge in [-0.2, -0.15) is 0 Å². The Morgan fingerprint density at radius 1 is 0.253 bits per heavy atom. The van der Waals surface area contributed by atoms with E-state index in [-0.39, 0.29) is 41.2 Å². The van der Waals surface area contributed by atoms with Crippen molar-refractivity contribution in [2.24, 2.45) is 47.3 Å². The van der Waals surface area contributed by atoms with E-state index in [1.165, 1.54) is 398 Å². The van der Waals surface area contributed by atoms with Crippen molar-refractivity contribution in [3.8, 4) is 0 Å². The van der Waals surface area contributed by atoms with Crippen LogP contribution in [-0.2, 0) is 61.9 Å². The molecule has 16 nitrogen and oxygen atoms in total. The van der Waals surface area contributed by atoms with Crippen LogP contribution in [0.15, 0.2) is 46.6 Å². The van der Waals surface area contributed by atoms with E-state index in [4.69, 9.17) is 37.9 Å². The van der Waals surface area contributed by atoms with Crippen LogP contribution in [0.5, 0.6) is 0 Å². The molecule has 2 aliphatic heterocycles. The van der Waals surface area contributed by atoms with E-state index in [0.717, 1.165) is 103 Å². The number of aliphatic hydroxyl groups excluding tert-OH is 3. The lowest BCUT2D eigenvalue weighted by molar-refractivity contribution is -0.377. The maximum Gasteiger partial charge on any atom is 0.333 e. The first-order chi connectivity index (χ1) is 70.7. The Morgan fingerprint density at radius 3 is 0.719 bits per heavy atom. The van der Waals surface area contributed by atoms with Crippen molar-refractivity contribution >= 4 is 29.8 Å². The van der Waals surface area contributed by atoms with Crippen molar-refractivity contribution in [3.05, 3.63) is 46.6 Å². The van der Waals surface area contributed by atoms with Gasteiger partial charge in [-0.1, -0.05) is 589 Å². The normalized spacial score (nSPS) is 20.3. The Morgan fingerprint density at radius 2 is 0.466 bits per heavy atom. The van der Waals surface area contributed by atoms with Crippen LogP contribution in [0.25, 0.3) is 0 Å². The molecule has 0 spiro atoms. The van der Waals surface area contributed by atoms with Gasteiger partial charge in [-0.05, 0) is 107 Å². The predicted octanol–water partition coefficient (Wildman–Crippen LogP) is 37.5. The van der Waals surface area contributed by atoms with Crippen molar-refractivity contribution in [3.63, 3.8) is 0 Å². The summed E-state index contributed by atoms with van der Waals surface area (Å²) in [5.74, 6) is -2.16. The molecule has 0 bridgehead atoms. The number of allylic oxidation sites excluding steroid dienone is 4. The van der Waals surface area contributed by atoms with Crippen molar-refractivity contribution < 1.29 is 77.2 Å². The van der Waals surface area contributed by atoms with E-state index in [1.54, 1.807) is 27.7 Å². The molecule has 0 amide bonds. The minimum absolute atomic E-state index is 0.00104.